The van der Waals surface area contributed by atoms with Gasteiger partial charge in [-0.1, -0.05) is 13.8 Å². The number of rotatable bonds is 3. The van der Waals surface area contributed by atoms with Gasteiger partial charge in [-0.15, -0.1) is 11.3 Å². The molecule has 1 aromatic rings. The molecule has 0 N–H and O–H groups in total. The monoisotopic (exact) mass is 195 g/mol. The van der Waals surface area contributed by atoms with Gasteiger partial charge in [0.2, 0.25) is 0 Å². The van der Waals surface area contributed by atoms with Crippen molar-refractivity contribution in [2.24, 2.45) is 5.92 Å². The number of hydrogen-bond donors (Lipinski definition) is 0. The molecule has 1 aromatic heterocycles. The zero-order valence-corrected chi connectivity index (χ0v) is 8.89. The number of aryl methyl sites for hydroxylation is 1. The van der Waals surface area contributed by atoms with Crippen molar-refractivity contribution in [2.45, 2.75) is 20.8 Å². The molecule has 0 unspecified atom stereocenters. The number of hydrogen-bond acceptors (Lipinski definition) is 3. The topological polar surface area (TPSA) is 30.0 Å². The summed E-state index contributed by atoms with van der Waals surface area (Å²) in [4.78, 5) is 15.8. The van der Waals surface area contributed by atoms with Crippen LogP contribution in [0.5, 0.6) is 0 Å². The molecule has 1 heterocycles. The summed E-state index contributed by atoms with van der Waals surface area (Å²) in [5.74, 6) is 0.278. The van der Waals surface area contributed by atoms with E-state index in [9.17, 15) is 4.79 Å². The minimum atomic E-state index is 0.278. The number of nitrogens with zero attached hydrogens (tertiary/aromatic N) is 1. The molecule has 0 aromatic carbocycles. The molecule has 0 saturated heterocycles. The Morgan fingerprint density at radius 3 is 2.69 bits per heavy atom. The van der Waals surface area contributed by atoms with E-state index < -0.39 is 0 Å². The predicted octanol–water partition coefficient (Wildman–Crippen LogP) is 2.69. The quantitative estimate of drug-likeness (QED) is 0.548. The van der Waals surface area contributed by atoms with Crippen LogP contribution in [0.3, 0.4) is 0 Å². The van der Waals surface area contributed by atoms with Crippen molar-refractivity contribution in [3.8, 4) is 0 Å². The van der Waals surface area contributed by atoms with Crippen molar-refractivity contribution in [3.05, 3.63) is 21.7 Å². The molecule has 0 aliphatic carbocycles. The number of aldehydes is 1. The van der Waals surface area contributed by atoms with Gasteiger partial charge in [-0.3, -0.25) is 4.79 Å². The highest BCUT2D eigenvalue weighted by molar-refractivity contribution is 7.12. The van der Waals surface area contributed by atoms with E-state index >= 15 is 0 Å². The zero-order valence-electron chi connectivity index (χ0n) is 8.07. The summed E-state index contributed by atoms with van der Waals surface area (Å²) in [7, 11) is 0. The average Bonchev–Trinajstić information content (AvgIpc) is 2.46. The summed E-state index contributed by atoms with van der Waals surface area (Å²) < 4.78 is 0. The first-order chi connectivity index (χ1) is 6.13. The van der Waals surface area contributed by atoms with E-state index in [-0.39, 0.29) is 5.92 Å². The maximum Gasteiger partial charge on any atom is 0.146 e. The molecule has 0 radical (unpaired) electrons. The standard InChI is InChI=1S/C10H13NOS/c1-7(2)9(6-12)4-10-5-11-8(3)13-10/h4-7H,1-3H3. The van der Waals surface area contributed by atoms with Crippen molar-refractivity contribution in [1.82, 2.24) is 4.98 Å². The summed E-state index contributed by atoms with van der Waals surface area (Å²) in [5.41, 5.74) is 0.823. The number of allylic oxidation sites excluding steroid dienone is 1. The van der Waals surface area contributed by atoms with E-state index in [0.29, 0.717) is 0 Å². The summed E-state index contributed by atoms with van der Waals surface area (Å²) in [6, 6.07) is 0. The van der Waals surface area contributed by atoms with Gasteiger partial charge >= 0.3 is 0 Å². The van der Waals surface area contributed by atoms with Crippen LogP contribution in [0.15, 0.2) is 11.8 Å². The molecule has 0 atom stereocenters. The predicted molar refractivity (Wildman–Crippen MR) is 55.7 cm³/mol. The van der Waals surface area contributed by atoms with Gasteiger partial charge in [0, 0.05) is 11.1 Å². The maximum absolute atomic E-state index is 10.7. The van der Waals surface area contributed by atoms with E-state index in [4.69, 9.17) is 0 Å². The first kappa shape index (κ1) is 10.1. The van der Waals surface area contributed by atoms with Gasteiger partial charge in [0.15, 0.2) is 0 Å². The zero-order chi connectivity index (χ0) is 9.84. The Morgan fingerprint density at radius 2 is 2.31 bits per heavy atom. The molecule has 0 aliphatic heterocycles. The van der Waals surface area contributed by atoms with Gasteiger partial charge in [-0.2, -0.15) is 0 Å². The third-order valence-corrected chi connectivity index (χ3v) is 2.61. The summed E-state index contributed by atoms with van der Waals surface area (Å²) >= 11 is 1.60. The van der Waals surface area contributed by atoms with E-state index in [1.807, 2.05) is 26.8 Å². The van der Waals surface area contributed by atoms with Crippen LogP contribution < -0.4 is 0 Å². The highest BCUT2D eigenvalue weighted by Crippen LogP contribution is 2.17. The second-order valence-electron chi connectivity index (χ2n) is 3.20. The molecule has 70 valence electrons. The van der Waals surface area contributed by atoms with Crippen molar-refractivity contribution in [1.29, 1.82) is 0 Å². The first-order valence-electron chi connectivity index (χ1n) is 4.22. The van der Waals surface area contributed by atoms with Crippen LogP contribution in [0.2, 0.25) is 0 Å². The smallest absolute Gasteiger partial charge is 0.146 e. The number of aromatic nitrogens is 1. The fourth-order valence-electron chi connectivity index (χ4n) is 0.946. The Labute approximate surface area is 82.3 Å². The van der Waals surface area contributed by atoms with E-state index in [1.165, 1.54) is 0 Å². The molecular formula is C10H13NOS. The molecule has 0 aliphatic rings. The molecule has 0 fully saturated rings. The second-order valence-corrected chi connectivity index (χ2v) is 4.46. The van der Waals surface area contributed by atoms with Crippen LogP contribution in [0.4, 0.5) is 0 Å². The maximum atomic E-state index is 10.7. The minimum Gasteiger partial charge on any atom is -0.298 e. The van der Waals surface area contributed by atoms with Crippen molar-refractivity contribution >= 4 is 23.7 Å². The lowest BCUT2D eigenvalue weighted by Gasteiger charge is -2.01. The summed E-state index contributed by atoms with van der Waals surface area (Å²) in [5, 5.41) is 1.03. The van der Waals surface area contributed by atoms with Crippen LogP contribution in [0, 0.1) is 12.8 Å². The van der Waals surface area contributed by atoms with Crippen LogP contribution in [-0.4, -0.2) is 11.3 Å². The first-order valence-corrected chi connectivity index (χ1v) is 5.04. The Bertz CT molecular complexity index is 325. The number of carbonyl (C=O) groups is 1. The lowest BCUT2D eigenvalue weighted by molar-refractivity contribution is -0.105. The highest BCUT2D eigenvalue weighted by Gasteiger charge is 2.02. The molecule has 0 spiro atoms. The molecule has 0 bridgehead atoms. The Hall–Kier alpha value is -0.960. The van der Waals surface area contributed by atoms with Crippen LogP contribution in [-0.2, 0) is 4.79 Å². The van der Waals surface area contributed by atoms with Crippen molar-refractivity contribution in [2.75, 3.05) is 0 Å². The fourth-order valence-corrected chi connectivity index (χ4v) is 1.69. The SMILES string of the molecule is Cc1ncc(C=C(C=O)C(C)C)s1. The van der Waals surface area contributed by atoms with Gasteiger partial charge in [-0.05, 0) is 24.5 Å². The van der Waals surface area contributed by atoms with Crippen LogP contribution in [0.25, 0.3) is 6.08 Å². The molecule has 1 rings (SSSR count). The minimum absolute atomic E-state index is 0.278. The molecular weight excluding hydrogens is 182 g/mol. The highest BCUT2D eigenvalue weighted by atomic mass is 32.1. The normalized spacial score (nSPS) is 12.2. The van der Waals surface area contributed by atoms with E-state index in [1.54, 1.807) is 17.5 Å². The van der Waals surface area contributed by atoms with Crippen molar-refractivity contribution < 1.29 is 4.79 Å². The van der Waals surface area contributed by atoms with Gasteiger partial charge in [0.25, 0.3) is 0 Å². The lowest BCUT2D eigenvalue weighted by Crippen LogP contribution is -1.93. The van der Waals surface area contributed by atoms with Gasteiger partial charge in [0.05, 0.1) is 5.01 Å². The van der Waals surface area contributed by atoms with Crippen LogP contribution in [0.1, 0.15) is 23.7 Å². The van der Waals surface area contributed by atoms with E-state index in [0.717, 1.165) is 21.7 Å². The van der Waals surface area contributed by atoms with Crippen LogP contribution >= 0.6 is 11.3 Å². The lowest BCUT2D eigenvalue weighted by atomic mass is 10.0. The number of thiazole rings is 1. The fraction of sp³-hybridized carbons (Fsp3) is 0.400. The molecule has 3 heteroatoms. The average molecular weight is 195 g/mol. The van der Waals surface area contributed by atoms with Gasteiger partial charge in [-0.25, -0.2) is 4.98 Å². The summed E-state index contributed by atoms with van der Waals surface area (Å²) in [6.07, 6.45) is 4.62. The Balaban J connectivity index is 2.91. The van der Waals surface area contributed by atoms with Gasteiger partial charge in [0.1, 0.15) is 6.29 Å². The molecule has 2 nitrogen and oxygen atoms in total. The largest absolute Gasteiger partial charge is 0.298 e. The third-order valence-electron chi connectivity index (χ3n) is 1.75. The molecule has 13 heavy (non-hydrogen) atoms. The molecule has 0 amide bonds. The third kappa shape index (κ3) is 2.77. The Kier molecular flexibility index (Phi) is 3.37. The molecule has 0 saturated carbocycles. The second kappa shape index (κ2) is 4.33. The van der Waals surface area contributed by atoms with Gasteiger partial charge < -0.3 is 0 Å². The summed E-state index contributed by atoms with van der Waals surface area (Å²) in [6.45, 7) is 5.97. The van der Waals surface area contributed by atoms with Crippen molar-refractivity contribution in [3.63, 3.8) is 0 Å². The Morgan fingerprint density at radius 1 is 1.62 bits per heavy atom. The number of carbonyl (C=O) groups excluding carboxylic acids is 1. The van der Waals surface area contributed by atoms with E-state index in [2.05, 4.69) is 4.98 Å².